The fourth-order valence-corrected chi connectivity index (χ4v) is 3.06. The quantitative estimate of drug-likeness (QED) is 0.852. The third-order valence-corrected chi connectivity index (χ3v) is 4.42. The van der Waals surface area contributed by atoms with Gasteiger partial charge in [0.2, 0.25) is 5.91 Å². The average Bonchev–Trinajstić information content (AvgIpc) is 3.13. The van der Waals surface area contributed by atoms with Crippen LogP contribution < -0.4 is 10.2 Å². The van der Waals surface area contributed by atoms with Gasteiger partial charge in [-0.05, 0) is 44.5 Å². The van der Waals surface area contributed by atoms with Gasteiger partial charge in [0, 0.05) is 24.2 Å². The number of hydrogen-bond acceptors (Lipinski definition) is 4. The zero-order valence-electron chi connectivity index (χ0n) is 14.7. The number of carbonyl (C=O) groups excluding carboxylic acids is 2. The van der Waals surface area contributed by atoms with Crippen LogP contribution in [-0.2, 0) is 16.1 Å². The van der Waals surface area contributed by atoms with Crippen molar-refractivity contribution in [2.45, 2.75) is 33.2 Å². The maximum atomic E-state index is 12.5. The number of carboxylic acid groups (broad SMARTS) is 1. The minimum absolute atomic E-state index is 0.0966. The normalized spacial score (nSPS) is 13.9. The molecule has 2 heterocycles. The number of hydrogen-bond donors (Lipinski definition) is 2. The van der Waals surface area contributed by atoms with Gasteiger partial charge in [0.05, 0.1) is 17.1 Å². The molecule has 1 fully saturated rings. The van der Waals surface area contributed by atoms with Gasteiger partial charge in [-0.15, -0.1) is 0 Å². The number of nitrogens with one attached hydrogen (secondary N) is 1. The summed E-state index contributed by atoms with van der Waals surface area (Å²) in [6, 6.07) is 6.85. The first-order chi connectivity index (χ1) is 12.4. The fraction of sp³-hybridized carbons (Fsp3) is 0.333. The molecule has 0 bridgehead atoms. The number of aliphatic carboxylic acids is 1. The van der Waals surface area contributed by atoms with Crippen LogP contribution in [0, 0.1) is 13.8 Å². The van der Waals surface area contributed by atoms with Crippen LogP contribution in [-0.4, -0.2) is 39.2 Å². The van der Waals surface area contributed by atoms with Gasteiger partial charge in [-0.25, -0.2) is 0 Å². The second-order valence-electron chi connectivity index (χ2n) is 6.25. The van der Waals surface area contributed by atoms with E-state index >= 15 is 0 Å². The maximum Gasteiger partial charge on any atom is 0.325 e. The van der Waals surface area contributed by atoms with Gasteiger partial charge >= 0.3 is 5.97 Å². The Balaban J connectivity index is 1.75. The number of aromatic nitrogens is 2. The van der Waals surface area contributed by atoms with Crippen molar-refractivity contribution in [3.05, 3.63) is 41.2 Å². The number of amides is 2. The lowest BCUT2D eigenvalue weighted by Crippen LogP contribution is -2.23. The summed E-state index contributed by atoms with van der Waals surface area (Å²) in [5.74, 6) is -1.22. The van der Waals surface area contributed by atoms with Crippen LogP contribution in [0.1, 0.15) is 34.6 Å². The fourth-order valence-electron chi connectivity index (χ4n) is 3.06. The Morgan fingerprint density at radius 1 is 1.23 bits per heavy atom. The molecule has 1 aromatic heterocycles. The Morgan fingerprint density at radius 2 is 1.92 bits per heavy atom. The molecule has 0 spiro atoms. The van der Waals surface area contributed by atoms with Crippen LogP contribution in [0.5, 0.6) is 0 Å². The summed E-state index contributed by atoms with van der Waals surface area (Å²) < 4.78 is 1.34. The highest BCUT2D eigenvalue weighted by molar-refractivity contribution is 6.05. The topological polar surface area (TPSA) is 105 Å². The summed E-state index contributed by atoms with van der Waals surface area (Å²) in [6.45, 7) is 3.86. The molecule has 136 valence electrons. The Labute approximate surface area is 150 Å². The van der Waals surface area contributed by atoms with E-state index < -0.39 is 5.97 Å². The number of nitrogens with zero attached hydrogens (tertiary/aromatic N) is 3. The lowest BCUT2D eigenvalue weighted by Gasteiger charge is -2.15. The molecule has 2 aromatic rings. The molecule has 26 heavy (non-hydrogen) atoms. The predicted molar refractivity (Wildman–Crippen MR) is 95.3 cm³/mol. The monoisotopic (exact) mass is 356 g/mol. The summed E-state index contributed by atoms with van der Waals surface area (Å²) in [4.78, 5) is 36.9. The van der Waals surface area contributed by atoms with E-state index in [1.165, 1.54) is 4.68 Å². The second kappa shape index (κ2) is 6.99. The van der Waals surface area contributed by atoms with E-state index in [0.29, 0.717) is 35.6 Å². The highest BCUT2D eigenvalue weighted by Gasteiger charge is 2.22. The smallest absolute Gasteiger partial charge is 0.325 e. The van der Waals surface area contributed by atoms with Crippen molar-refractivity contribution >= 4 is 29.2 Å². The van der Waals surface area contributed by atoms with E-state index in [9.17, 15) is 14.4 Å². The molecule has 0 unspecified atom stereocenters. The number of carboxylic acids is 1. The lowest BCUT2D eigenvalue weighted by atomic mass is 10.1. The van der Waals surface area contributed by atoms with Crippen LogP contribution in [0.2, 0.25) is 0 Å². The Bertz CT molecular complexity index is 870. The highest BCUT2D eigenvalue weighted by atomic mass is 16.4. The number of anilines is 2. The predicted octanol–water partition coefficient (Wildman–Crippen LogP) is 1.96. The Kier molecular flexibility index (Phi) is 4.75. The van der Waals surface area contributed by atoms with Crippen molar-refractivity contribution in [3.63, 3.8) is 0 Å². The SMILES string of the molecule is Cc1nn(CC(=O)O)c(C)c1NC(=O)c1ccc(N2CCCC2=O)cc1. The molecule has 2 N–H and O–H groups in total. The van der Waals surface area contributed by atoms with E-state index in [0.717, 1.165) is 12.1 Å². The summed E-state index contributed by atoms with van der Waals surface area (Å²) in [5, 5.41) is 15.8. The molecule has 1 saturated heterocycles. The largest absolute Gasteiger partial charge is 0.480 e. The zero-order chi connectivity index (χ0) is 18.8. The van der Waals surface area contributed by atoms with Crippen molar-refractivity contribution < 1.29 is 19.5 Å². The van der Waals surface area contributed by atoms with Crippen molar-refractivity contribution in [1.29, 1.82) is 0 Å². The van der Waals surface area contributed by atoms with E-state index in [2.05, 4.69) is 10.4 Å². The van der Waals surface area contributed by atoms with E-state index in [1.54, 1.807) is 43.0 Å². The summed E-state index contributed by atoms with van der Waals surface area (Å²) in [6.07, 6.45) is 1.40. The molecular weight excluding hydrogens is 336 g/mol. The van der Waals surface area contributed by atoms with Gasteiger partial charge in [-0.1, -0.05) is 0 Å². The van der Waals surface area contributed by atoms with Crippen LogP contribution in [0.15, 0.2) is 24.3 Å². The molecule has 8 heteroatoms. The van der Waals surface area contributed by atoms with Crippen molar-refractivity contribution in [3.8, 4) is 0 Å². The van der Waals surface area contributed by atoms with E-state index in [4.69, 9.17) is 5.11 Å². The molecule has 1 aliphatic heterocycles. The van der Waals surface area contributed by atoms with Gasteiger partial charge in [0.1, 0.15) is 6.54 Å². The minimum atomic E-state index is -1.000. The third kappa shape index (κ3) is 3.44. The molecule has 8 nitrogen and oxygen atoms in total. The van der Waals surface area contributed by atoms with Crippen LogP contribution in [0.3, 0.4) is 0 Å². The summed E-state index contributed by atoms with van der Waals surface area (Å²) >= 11 is 0. The van der Waals surface area contributed by atoms with E-state index in [1.807, 2.05) is 0 Å². The van der Waals surface area contributed by atoms with Crippen LogP contribution >= 0.6 is 0 Å². The van der Waals surface area contributed by atoms with Gasteiger partial charge in [-0.2, -0.15) is 5.10 Å². The first-order valence-corrected chi connectivity index (χ1v) is 8.34. The molecule has 0 saturated carbocycles. The van der Waals surface area contributed by atoms with Crippen molar-refractivity contribution in [1.82, 2.24) is 9.78 Å². The molecule has 2 amide bonds. The number of rotatable bonds is 5. The van der Waals surface area contributed by atoms with E-state index in [-0.39, 0.29) is 18.4 Å². The first kappa shape index (κ1) is 17.7. The Morgan fingerprint density at radius 3 is 2.50 bits per heavy atom. The minimum Gasteiger partial charge on any atom is -0.480 e. The molecular formula is C18H20N4O4. The average molecular weight is 356 g/mol. The number of benzene rings is 1. The highest BCUT2D eigenvalue weighted by Crippen LogP contribution is 2.23. The lowest BCUT2D eigenvalue weighted by molar-refractivity contribution is -0.138. The molecule has 0 aliphatic carbocycles. The molecule has 0 atom stereocenters. The van der Waals surface area contributed by atoms with Gasteiger partial charge < -0.3 is 15.3 Å². The number of aryl methyl sites for hydroxylation is 1. The van der Waals surface area contributed by atoms with Crippen molar-refractivity contribution in [2.24, 2.45) is 0 Å². The van der Waals surface area contributed by atoms with Gasteiger partial charge in [-0.3, -0.25) is 19.1 Å². The summed E-state index contributed by atoms with van der Waals surface area (Å²) in [5.41, 5.74) is 2.87. The molecule has 1 aliphatic rings. The third-order valence-electron chi connectivity index (χ3n) is 4.42. The van der Waals surface area contributed by atoms with Crippen molar-refractivity contribution in [2.75, 3.05) is 16.8 Å². The number of carbonyl (C=O) groups is 3. The zero-order valence-corrected chi connectivity index (χ0v) is 14.7. The second-order valence-corrected chi connectivity index (χ2v) is 6.25. The summed E-state index contributed by atoms with van der Waals surface area (Å²) in [7, 11) is 0. The molecule has 0 radical (unpaired) electrons. The van der Waals surface area contributed by atoms with Gasteiger partial charge in [0.15, 0.2) is 0 Å². The maximum absolute atomic E-state index is 12.5. The van der Waals surface area contributed by atoms with Crippen LogP contribution in [0.25, 0.3) is 0 Å². The van der Waals surface area contributed by atoms with Gasteiger partial charge in [0.25, 0.3) is 5.91 Å². The first-order valence-electron chi connectivity index (χ1n) is 8.34. The molecule has 3 rings (SSSR count). The Hall–Kier alpha value is -3.16. The standard InChI is InChI=1S/C18H20N4O4/c1-11-17(12(2)22(20-11)10-16(24)25)19-18(26)13-5-7-14(8-6-13)21-9-3-4-15(21)23/h5-8H,3-4,9-10H2,1-2H3,(H,19,26)(H,24,25). The molecule has 1 aromatic carbocycles. The van der Waals surface area contributed by atoms with Crippen LogP contribution in [0.4, 0.5) is 11.4 Å².